The second kappa shape index (κ2) is 6.26. The van der Waals surface area contributed by atoms with Crippen LogP contribution in [0.1, 0.15) is 38.4 Å². The van der Waals surface area contributed by atoms with Crippen LogP contribution >= 0.6 is 15.9 Å². The zero-order valence-corrected chi connectivity index (χ0v) is 11.6. The van der Waals surface area contributed by atoms with Gasteiger partial charge in [0.05, 0.1) is 13.2 Å². The van der Waals surface area contributed by atoms with Crippen LogP contribution in [0.4, 0.5) is 0 Å². The lowest BCUT2D eigenvalue weighted by atomic mass is 9.96. The second-order valence-corrected chi connectivity index (χ2v) is 5.07. The van der Waals surface area contributed by atoms with Gasteiger partial charge in [0.25, 0.3) is 0 Å². The third-order valence-corrected chi connectivity index (χ3v) is 3.37. The summed E-state index contributed by atoms with van der Waals surface area (Å²) in [5.74, 6) is 1.26. The van der Waals surface area contributed by atoms with Crippen LogP contribution in [-0.4, -0.2) is 12.2 Å². The zero-order chi connectivity index (χ0) is 12.1. The van der Waals surface area contributed by atoms with E-state index in [-0.39, 0.29) is 0 Å². The quantitative estimate of drug-likeness (QED) is 0.889. The molecule has 0 saturated carbocycles. The Balaban J connectivity index is 2.88. The highest BCUT2D eigenvalue weighted by Gasteiger charge is 2.16. The Labute approximate surface area is 106 Å². The molecule has 2 nitrogen and oxygen atoms in total. The number of hydrogen-bond acceptors (Lipinski definition) is 2. The molecular weight excluding hydrogens is 268 g/mol. The molecule has 90 valence electrons. The van der Waals surface area contributed by atoms with Gasteiger partial charge in [0.2, 0.25) is 0 Å². The van der Waals surface area contributed by atoms with Crippen molar-refractivity contribution in [2.75, 3.05) is 7.11 Å². The van der Waals surface area contributed by atoms with Crippen molar-refractivity contribution in [3.63, 3.8) is 0 Å². The van der Waals surface area contributed by atoms with Gasteiger partial charge in [0.15, 0.2) is 0 Å². The number of aliphatic hydroxyl groups is 1. The minimum atomic E-state index is -0.456. The van der Waals surface area contributed by atoms with Crippen LogP contribution in [-0.2, 0) is 0 Å². The Morgan fingerprint density at radius 2 is 2.12 bits per heavy atom. The van der Waals surface area contributed by atoms with E-state index in [9.17, 15) is 5.11 Å². The van der Waals surface area contributed by atoms with Crippen molar-refractivity contribution in [1.82, 2.24) is 0 Å². The molecule has 0 heterocycles. The summed E-state index contributed by atoms with van der Waals surface area (Å²) in [6.07, 6.45) is 1.39. The highest BCUT2D eigenvalue weighted by molar-refractivity contribution is 9.10. The number of methoxy groups -OCH3 is 1. The predicted octanol–water partition coefficient (Wildman–Crippen LogP) is 3.93. The number of aliphatic hydroxyl groups excluding tert-OH is 1. The summed E-state index contributed by atoms with van der Waals surface area (Å²) in [6, 6.07) is 5.71. The summed E-state index contributed by atoms with van der Waals surface area (Å²) in [5, 5.41) is 10.2. The average molecular weight is 287 g/mol. The zero-order valence-electron chi connectivity index (χ0n) is 10.0. The van der Waals surface area contributed by atoms with Crippen molar-refractivity contribution in [3.05, 3.63) is 28.2 Å². The molecule has 1 aromatic rings. The average Bonchev–Trinajstić information content (AvgIpc) is 2.28. The van der Waals surface area contributed by atoms with Crippen LogP contribution in [0.5, 0.6) is 5.75 Å². The normalized spacial score (nSPS) is 14.6. The fourth-order valence-corrected chi connectivity index (χ4v) is 2.02. The van der Waals surface area contributed by atoms with Gasteiger partial charge in [-0.05, 0) is 30.5 Å². The van der Waals surface area contributed by atoms with E-state index in [1.54, 1.807) is 7.11 Å². The van der Waals surface area contributed by atoms with Gasteiger partial charge < -0.3 is 9.84 Å². The van der Waals surface area contributed by atoms with Gasteiger partial charge in [-0.1, -0.05) is 36.2 Å². The molecule has 0 spiro atoms. The molecule has 0 saturated heterocycles. The first-order chi connectivity index (χ1) is 7.58. The second-order valence-electron chi connectivity index (χ2n) is 4.15. The third-order valence-electron chi connectivity index (χ3n) is 2.87. The smallest absolute Gasteiger partial charge is 0.124 e. The molecule has 16 heavy (non-hydrogen) atoms. The Bertz CT molecular complexity index is 339. The van der Waals surface area contributed by atoms with E-state index in [2.05, 4.69) is 29.8 Å². The molecule has 2 unspecified atom stereocenters. The summed E-state index contributed by atoms with van der Waals surface area (Å²) >= 11 is 3.41. The van der Waals surface area contributed by atoms with Crippen molar-refractivity contribution < 1.29 is 9.84 Å². The molecule has 0 bridgehead atoms. The summed E-state index contributed by atoms with van der Waals surface area (Å²) < 4.78 is 6.22. The number of rotatable bonds is 5. The summed E-state index contributed by atoms with van der Waals surface area (Å²) in [6.45, 7) is 4.28. The van der Waals surface area contributed by atoms with Gasteiger partial charge >= 0.3 is 0 Å². The van der Waals surface area contributed by atoms with Crippen LogP contribution < -0.4 is 4.74 Å². The van der Waals surface area contributed by atoms with Crippen molar-refractivity contribution in [1.29, 1.82) is 0 Å². The van der Waals surface area contributed by atoms with E-state index in [4.69, 9.17) is 4.74 Å². The molecule has 0 amide bonds. The summed E-state index contributed by atoms with van der Waals surface area (Å²) in [7, 11) is 1.63. The molecule has 2 atom stereocenters. The molecule has 0 aliphatic carbocycles. The molecule has 3 heteroatoms. The van der Waals surface area contributed by atoms with Crippen molar-refractivity contribution in [2.24, 2.45) is 5.92 Å². The monoisotopic (exact) mass is 286 g/mol. The fraction of sp³-hybridized carbons (Fsp3) is 0.538. The maximum Gasteiger partial charge on any atom is 0.124 e. The number of ether oxygens (including phenoxy) is 1. The van der Waals surface area contributed by atoms with E-state index in [1.165, 1.54) is 0 Å². The van der Waals surface area contributed by atoms with Crippen LogP contribution in [0, 0.1) is 5.92 Å². The Hall–Kier alpha value is -0.540. The van der Waals surface area contributed by atoms with Crippen molar-refractivity contribution in [3.8, 4) is 5.75 Å². The van der Waals surface area contributed by atoms with E-state index < -0.39 is 6.10 Å². The van der Waals surface area contributed by atoms with E-state index >= 15 is 0 Å². The molecule has 1 rings (SSSR count). The topological polar surface area (TPSA) is 29.5 Å². The maximum atomic E-state index is 10.2. The first-order valence-corrected chi connectivity index (χ1v) is 6.39. The first-order valence-electron chi connectivity index (χ1n) is 5.60. The summed E-state index contributed by atoms with van der Waals surface area (Å²) in [4.78, 5) is 0. The molecule has 1 aromatic carbocycles. The van der Waals surface area contributed by atoms with Gasteiger partial charge in [-0.15, -0.1) is 0 Å². The van der Waals surface area contributed by atoms with Gasteiger partial charge in [0.1, 0.15) is 5.75 Å². The SMILES string of the molecule is CCC(C)CC(O)c1cc(Br)ccc1OC. The van der Waals surface area contributed by atoms with E-state index in [0.717, 1.165) is 28.6 Å². The van der Waals surface area contributed by atoms with Crippen molar-refractivity contribution >= 4 is 15.9 Å². The molecule has 0 aromatic heterocycles. The number of halogens is 1. The van der Waals surface area contributed by atoms with E-state index in [0.29, 0.717) is 5.92 Å². The van der Waals surface area contributed by atoms with Crippen LogP contribution in [0.3, 0.4) is 0 Å². The standard InChI is InChI=1S/C13H19BrO2/c1-4-9(2)7-12(15)11-8-10(14)5-6-13(11)16-3/h5-6,8-9,12,15H,4,7H2,1-3H3. The van der Waals surface area contributed by atoms with Gasteiger partial charge in [-0.2, -0.15) is 0 Å². The lowest BCUT2D eigenvalue weighted by Crippen LogP contribution is -2.05. The van der Waals surface area contributed by atoms with Gasteiger partial charge in [0, 0.05) is 10.0 Å². The van der Waals surface area contributed by atoms with Crippen LogP contribution in [0.25, 0.3) is 0 Å². The minimum absolute atomic E-state index is 0.456. The fourth-order valence-electron chi connectivity index (χ4n) is 1.64. The Morgan fingerprint density at radius 1 is 1.44 bits per heavy atom. The molecule has 1 N–H and O–H groups in total. The molecule has 0 radical (unpaired) electrons. The third kappa shape index (κ3) is 3.49. The Kier molecular flexibility index (Phi) is 5.29. The highest BCUT2D eigenvalue weighted by Crippen LogP contribution is 2.32. The van der Waals surface area contributed by atoms with E-state index in [1.807, 2.05) is 18.2 Å². The largest absolute Gasteiger partial charge is 0.496 e. The Morgan fingerprint density at radius 3 is 2.69 bits per heavy atom. The molecular formula is C13H19BrO2. The van der Waals surface area contributed by atoms with Gasteiger partial charge in [-0.25, -0.2) is 0 Å². The summed E-state index contributed by atoms with van der Waals surface area (Å²) in [5.41, 5.74) is 0.858. The molecule has 0 aliphatic heterocycles. The lowest BCUT2D eigenvalue weighted by molar-refractivity contribution is 0.143. The van der Waals surface area contributed by atoms with Crippen LogP contribution in [0.15, 0.2) is 22.7 Å². The number of benzene rings is 1. The van der Waals surface area contributed by atoms with Crippen molar-refractivity contribution in [2.45, 2.75) is 32.8 Å². The molecule has 0 fully saturated rings. The first kappa shape index (κ1) is 13.5. The maximum absolute atomic E-state index is 10.2. The van der Waals surface area contributed by atoms with Gasteiger partial charge in [-0.3, -0.25) is 0 Å². The predicted molar refractivity (Wildman–Crippen MR) is 69.7 cm³/mol. The number of hydrogen-bond donors (Lipinski definition) is 1. The highest BCUT2D eigenvalue weighted by atomic mass is 79.9. The molecule has 0 aliphatic rings. The minimum Gasteiger partial charge on any atom is -0.496 e. The lowest BCUT2D eigenvalue weighted by Gasteiger charge is -2.18. The van der Waals surface area contributed by atoms with Crippen LogP contribution in [0.2, 0.25) is 0 Å².